The first kappa shape index (κ1) is 16.7. The smallest absolute Gasteiger partial charge is 0.290 e. The van der Waals surface area contributed by atoms with Gasteiger partial charge in [-0.1, -0.05) is 24.3 Å². The van der Waals surface area contributed by atoms with Crippen LogP contribution in [0.25, 0.3) is 0 Å². The van der Waals surface area contributed by atoms with Crippen molar-refractivity contribution in [3.05, 3.63) is 53.3 Å². The highest BCUT2D eigenvalue weighted by molar-refractivity contribution is 7.89. The second-order valence-corrected chi connectivity index (χ2v) is 7.66. The molecule has 24 heavy (non-hydrogen) atoms. The summed E-state index contributed by atoms with van der Waals surface area (Å²) in [7, 11) is -2.39. The average Bonchev–Trinajstić information content (AvgIpc) is 3.24. The van der Waals surface area contributed by atoms with E-state index in [0.717, 1.165) is 24.0 Å². The highest BCUT2D eigenvalue weighted by Gasteiger charge is 2.33. The van der Waals surface area contributed by atoms with E-state index >= 15 is 0 Å². The first-order chi connectivity index (χ1) is 11.4. The number of furan rings is 1. The molecule has 128 valence electrons. The Balaban J connectivity index is 1.88. The molecule has 2 heterocycles. The molecule has 0 radical (unpaired) electrons. The minimum atomic E-state index is -3.69. The summed E-state index contributed by atoms with van der Waals surface area (Å²) in [4.78, 5) is 14.5. The fourth-order valence-electron chi connectivity index (χ4n) is 3.12. The standard InChI is InChI=1S/C17H20N2O4S/c1-12-6-3-4-7-13(12)14-8-5-11-19(14)17(20)15-9-10-16(23-15)24(21,22)18-2/h3-4,6-7,9-10,14,18H,5,8,11H2,1-2H3. The van der Waals surface area contributed by atoms with Gasteiger partial charge in [-0.2, -0.15) is 0 Å². The molecular weight excluding hydrogens is 328 g/mol. The van der Waals surface area contributed by atoms with E-state index < -0.39 is 10.0 Å². The molecule has 1 N–H and O–H groups in total. The van der Waals surface area contributed by atoms with Gasteiger partial charge < -0.3 is 9.32 Å². The average molecular weight is 348 g/mol. The van der Waals surface area contributed by atoms with Crippen LogP contribution in [0.15, 0.2) is 45.9 Å². The number of nitrogens with zero attached hydrogens (tertiary/aromatic N) is 1. The lowest BCUT2D eigenvalue weighted by molar-refractivity contribution is 0.0697. The molecule has 0 bridgehead atoms. The number of aryl methyl sites for hydroxylation is 1. The van der Waals surface area contributed by atoms with Gasteiger partial charge >= 0.3 is 0 Å². The highest BCUT2D eigenvalue weighted by atomic mass is 32.2. The molecule has 1 amide bonds. The Kier molecular flexibility index (Phi) is 4.47. The Labute approximate surface area is 141 Å². The minimum absolute atomic E-state index is 0.00634. The van der Waals surface area contributed by atoms with E-state index in [9.17, 15) is 13.2 Å². The lowest BCUT2D eigenvalue weighted by Gasteiger charge is -2.25. The van der Waals surface area contributed by atoms with Crippen LogP contribution in [0.1, 0.15) is 40.6 Å². The second kappa shape index (κ2) is 6.41. The summed E-state index contributed by atoms with van der Waals surface area (Å²) >= 11 is 0. The maximum Gasteiger partial charge on any atom is 0.290 e. The van der Waals surface area contributed by atoms with E-state index in [0.29, 0.717) is 6.54 Å². The molecular formula is C17H20N2O4S. The number of sulfonamides is 1. The number of hydrogen-bond donors (Lipinski definition) is 1. The largest absolute Gasteiger partial charge is 0.438 e. The maximum absolute atomic E-state index is 12.8. The SMILES string of the molecule is CNS(=O)(=O)c1ccc(C(=O)N2CCCC2c2ccccc2C)o1. The zero-order valence-corrected chi connectivity index (χ0v) is 14.5. The predicted molar refractivity (Wildman–Crippen MR) is 89.1 cm³/mol. The van der Waals surface area contributed by atoms with Gasteiger partial charge in [0.25, 0.3) is 15.9 Å². The Bertz CT molecular complexity index is 857. The summed E-state index contributed by atoms with van der Waals surface area (Å²) in [6.07, 6.45) is 1.80. The number of carbonyl (C=O) groups excluding carboxylic acids is 1. The molecule has 1 aromatic carbocycles. The van der Waals surface area contributed by atoms with Gasteiger partial charge in [0, 0.05) is 6.54 Å². The monoisotopic (exact) mass is 348 g/mol. The molecule has 1 aromatic heterocycles. The van der Waals surface area contributed by atoms with Crippen LogP contribution in [-0.4, -0.2) is 32.8 Å². The van der Waals surface area contributed by atoms with Gasteiger partial charge in [0.1, 0.15) is 0 Å². The van der Waals surface area contributed by atoms with E-state index in [1.807, 2.05) is 31.2 Å². The van der Waals surface area contributed by atoms with E-state index in [4.69, 9.17) is 4.42 Å². The van der Waals surface area contributed by atoms with Crippen LogP contribution in [0.4, 0.5) is 0 Å². The first-order valence-corrected chi connectivity index (χ1v) is 9.32. The van der Waals surface area contributed by atoms with E-state index in [2.05, 4.69) is 4.72 Å². The Hall–Kier alpha value is -2.12. The summed E-state index contributed by atoms with van der Waals surface area (Å²) in [6, 6.07) is 10.7. The third-order valence-electron chi connectivity index (χ3n) is 4.39. The molecule has 1 saturated heterocycles. The second-order valence-electron chi connectivity index (χ2n) is 5.84. The number of likely N-dealkylation sites (tertiary alicyclic amines) is 1. The van der Waals surface area contributed by atoms with Crippen LogP contribution in [0.5, 0.6) is 0 Å². The van der Waals surface area contributed by atoms with Crippen LogP contribution in [0.3, 0.4) is 0 Å². The molecule has 1 aliphatic heterocycles. The summed E-state index contributed by atoms with van der Waals surface area (Å²) in [6.45, 7) is 2.66. The normalized spacial score (nSPS) is 18.1. The van der Waals surface area contributed by atoms with E-state index in [1.54, 1.807) is 4.90 Å². The van der Waals surface area contributed by atoms with Gasteiger partial charge in [0.15, 0.2) is 5.76 Å². The van der Waals surface area contributed by atoms with Crippen LogP contribution < -0.4 is 4.72 Å². The van der Waals surface area contributed by atoms with Crippen LogP contribution >= 0.6 is 0 Å². The van der Waals surface area contributed by atoms with Gasteiger partial charge in [-0.15, -0.1) is 0 Å². The van der Waals surface area contributed by atoms with Crippen molar-refractivity contribution in [2.45, 2.75) is 30.9 Å². The van der Waals surface area contributed by atoms with Gasteiger partial charge in [0.2, 0.25) is 5.09 Å². The number of benzene rings is 1. The predicted octanol–water partition coefficient (Wildman–Crippen LogP) is 2.47. The molecule has 1 unspecified atom stereocenters. The van der Waals surface area contributed by atoms with Crippen molar-refractivity contribution in [2.24, 2.45) is 0 Å². The quantitative estimate of drug-likeness (QED) is 0.920. The van der Waals surface area contributed by atoms with Crippen LogP contribution in [0.2, 0.25) is 0 Å². The Morgan fingerprint density at radius 1 is 1.25 bits per heavy atom. The molecule has 7 heteroatoms. The fraction of sp³-hybridized carbons (Fsp3) is 0.353. The summed E-state index contributed by atoms with van der Waals surface area (Å²) in [5.74, 6) is -0.234. The molecule has 0 aliphatic carbocycles. The highest BCUT2D eigenvalue weighted by Crippen LogP contribution is 2.35. The first-order valence-electron chi connectivity index (χ1n) is 7.84. The molecule has 0 saturated carbocycles. The van der Waals surface area contributed by atoms with Gasteiger partial charge in [-0.05, 0) is 50.1 Å². The Morgan fingerprint density at radius 3 is 2.71 bits per heavy atom. The zero-order valence-electron chi connectivity index (χ0n) is 13.7. The number of hydrogen-bond acceptors (Lipinski definition) is 4. The molecule has 1 atom stereocenters. The van der Waals surface area contributed by atoms with Crippen molar-refractivity contribution in [3.8, 4) is 0 Å². The fourth-order valence-corrected chi connectivity index (χ4v) is 3.76. The lowest BCUT2D eigenvalue weighted by Crippen LogP contribution is -2.30. The number of rotatable bonds is 4. The molecule has 1 fully saturated rings. The summed E-state index contributed by atoms with van der Waals surface area (Å²) in [5, 5.41) is -0.250. The lowest BCUT2D eigenvalue weighted by atomic mass is 9.99. The van der Waals surface area contributed by atoms with E-state index in [-0.39, 0.29) is 22.8 Å². The van der Waals surface area contributed by atoms with Crippen LogP contribution in [-0.2, 0) is 10.0 Å². The van der Waals surface area contributed by atoms with Gasteiger partial charge in [-0.25, -0.2) is 13.1 Å². The third-order valence-corrected chi connectivity index (χ3v) is 5.67. The van der Waals surface area contributed by atoms with Gasteiger partial charge in [0.05, 0.1) is 6.04 Å². The molecule has 6 nitrogen and oxygen atoms in total. The van der Waals surface area contributed by atoms with Crippen molar-refractivity contribution >= 4 is 15.9 Å². The summed E-state index contributed by atoms with van der Waals surface area (Å²) in [5.41, 5.74) is 2.26. The topological polar surface area (TPSA) is 79.6 Å². The zero-order chi connectivity index (χ0) is 17.3. The summed E-state index contributed by atoms with van der Waals surface area (Å²) < 4.78 is 31.0. The van der Waals surface area contributed by atoms with Crippen molar-refractivity contribution in [1.82, 2.24) is 9.62 Å². The van der Waals surface area contributed by atoms with Crippen molar-refractivity contribution in [1.29, 1.82) is 0 Å². The molecule has 1 aliphatic rings. The van der Waals surface area contributed by atoms with Gasteiger partial charge in [-0.3, -0.25) is 4.79 Å². The van der Waals surface area contributed by atoms with Crippen molar-refractivity contribution in [3.63, 3.8) is 0 Å². The Morgan fingerprint density at radius 2 is 2.00 bits per heavy atom. The number of amides is 1. The minimum Gasteiger partial charge on any atom is -0.438 e. The molecule has 0 spiro atoms. The number of carbonyl (C=O) groups is 1. The molecule has 3 rings (SSSR count). The van der Waals surface area contributed by atoms with Crippen molar-refractivity contribution in [2.75, 3.05) is 13.6 Å². The van der Waals surface area contributed by atoms with Crippen molar-refractivity contribution < 1.29 is 17.6 Å². The number of nitrogens with one attached hydrogen (secondary N) is 1. The maximum atomic E-state index is 12.8. The molecule has 2 aromatic rings. The van der Waals surface area contributed by atoms with E-state index in [1.165, 1.54) is 19.2 Å². The van der Waals surface area contributed by atoms with Crippen LogP contribution in [0, 0.1) is 6.92 Å². The third kappa shape index (κ3) is 2.97.